The molecular weight excluding hydrogens is 325 g/mol. The molecule has 0 aliphatic heterocycles. The lowest BCUT2D eigenvalue weighted by Gasteiger charge is -2.18. The van der Waals surface area contributed by atoms with Crippen molar-refractivity contribution in [1.29, 1.82) is 0 Å². The molecule has 25 heavy (non-hydrogen) atoms. The van der Waals surface area contributed by atoms with E-state index in [1.54, 1.807) is 52.6 Å². The third-order valence-electron chi connectivity index (χ3n) is 3.65. The average Bonchev–Trinajstić information content (AvgIpc) is 2.65. The van der Waals surface area contributed by atoms with Crippen molar-refractivity contribution < 1.29 is 18.6 Å². The molecule has 0 aliphatic rings. The van der Waals surface area contributed by atoms with Crippen molar-refractivity contribution in [3.05, 3.63) is 53.3 Å². The molecule has 0 fully saturated rings. The summed E-state index contributed by atoms with van der Waals surface area (Å²) in [5.74, 6) is 1.24. The van der Waals surface area contributed by atoms with Gasteiger partial charge in [0.2, 0.25) is 0 Å². The van der Waals surface area contributed by atoms with Crippen LogP contribution in [0.5, 0.6) is 17.2 Å². The standard InChI is InChI=1S/C18H22FN3O3/c1-21-22-18(11-5-7-12(19)8-6-11)17(20)13-9-15(24-3)16(25-4)10-14(13)23-2/h5-10,21-22H,20H2,1-4H3/b18-17-. The second-order valence-electron chi connectivity index (χ2n) is 5.08. The summed E-state index contributed by atoms with van der Waals surface area (Å²) in [4.78, 5) is 0. The lowest BCUT2D eigenvalue weighted by molar-refractivity contribution is 0.348. The van der Waals surface area contributed by atoms with Crippen molar-refractivity contribution in [1.82, 2.24) is 10.9 Å². The Kier molecular flexibility index (Phi) is 6.08. The molecule has 0 unspecified atom stereocenters. The Morgan fingerprint density at radius 3 is 2.00 bits per heavy atom. The first-order valence-corrected chi connectivity index (χ1v) is 7.54. The Morgan fingerprint density at radius 2 is 1.48 bits per heavy atom. The lowest BCUT2D eigenvalue weighted by atomic mass is 10.0. The monoisotopic (exact) mass is 347 g/mol. The number of nitrogens with one attached hydrogen (secondary N) is 2. The molecule has 0 heterocycles. The van der Waals surface area contributed by atoms with Crippen LogP contribution in [-0.4, -0.2) is 28.4 Å². The largest absolute Gasteiger partial charge is 0.496 e. The maximum absolute atomic E-state index is 13.2. The number of hydrogen-bond acceptors (Lipinski definition) is 6. The first kappa shape index (κ1) is 18.4. The number of nitrogens with two attached hydrogens (primary N) is 1. The van der Waals surface area contributed by atoms with Crippen LogP contribution in [0.2, 0.25) is 0 Å². The Balaban J connectivity index is 2.65. The van der Waals surface area contributed by atoms with Crippen LogP contribution < -0.4 is 30.8 Å². The summed E-state index contributed by atoms with van der Waals surface area (Å²) < 4.78 is 29.3. The number of hydrazine groups is 1. The number of halogens is 1. The van der Waals surface area contributed by atoms with E-state index in [1.165, 1.54) is 12.1 Å². The smallest absolute Gasteiger partial charge is 0.164 e. The average molecular weight is 347 g/mol. The van der Waals surface area contributed by atoms with E-state index in [2.05, 4.69) is 10.9 Å². The van der Waals surface area contributed by atoms with Gasteiger partial charge in [-0.25, -0.2) is 9.82 Å². The molecule has 2 aromatic rings. The number of hydrogen-bond donors (Lipinski definition) is 3. The Labute approximate surface area is 146 Å². The molecule has 6 nitrogen and oxygen atoms in total. The number of methoxy groups -OCH3 is 3. The summed E-state index contributed by atoms with van der Waals surface area (Å²) in [5.41, 5.74) is 14.5. The first-order valence-electron chi connectivity index (χ1n) is 7.54. The Morgan fingerprint density at radius 1 is 0.920 bits per heavy atom. The summed E-state index contributed by atoms with van der Waals surface area (Å²) in [6, 6.07) is 9.43. The van der Waals surface area contributed by atoms with E-state index < -0.39 is 0 Å². The molecule has 0 saturated heterocycles. The normalized spacial score (nSPS) is 11.6. The molecule has 2 rings (SSSR count). The maximum Gasteiger partial charge on any atom is 0.164 e. The maximum atomic E-state index is 13.2. The van der Waals surface area contributed by atoms with Crippen LogP contribution >= 0.6 is 0 Å². The molecular formula is C18H22FN3O3. The molecule has 2 aromatic carbocycles. The van der Waals surface area contributed by atoms with Crippen molar-refractivity contribution >= 4 is 11.4 Å². The third-order valence-corrected chi connectivity index (χ3v) is 3.65. The molecule has 0 amide bonds. The van der Waals surface area contributed by atoms with E-state index >= 15 is 0 Å². The van der Waals surface area contributed by atoms with Gasteiger partial charge in [0.15, 0.2) is 11.5 Å². The van der Waals surface area contributed by atoms with Crippen LogP contribution in [0, 0.1) is 5.82 Å². The van der Waals surface area contributed by atoms with Gasteiger partial charge < -0.3 is 25.4 Å². The van der Waals surface area contributed by atoms with Crippen molar-refractivity contribution in [2.45, 2.75) is 0 Å². The van der Waals surface area contributed by atoms with E-state index in [9.17, 15) is 4.39 Å². The van der Waals surface area contributed by atoms with Gasteiger partial charge in [-0.2, -0.15) is 0 Å². The van der Waals surface area contributed by atoms with Crippen LogP contribution in [0.15, 0.2) is 36.4 Å². The zero-order valence-corrected chi connectivity index (χ0v) is 14.6. The fourth-order valence-electron chi connectivity index (χ4n) is 2.41. The fourth-order valence-corrected chi connectivity index (χ4v) is 2.41. The van der Waals surface area contributed by atoms with Crippen LogP contribution in [0.4, 0.5) is 4.39 Å². The van der Waals surface area contributed by atoms with E-state index in [0.29, 0.717) is 39.8 Å². The van der Waals surface area contributed by atoms with Crippen LogP contribution in [0.3, 0.4) is 0 Å². The molecule has 0 bridgehead atoms. The predicted molar refractivity (Wildman–Crippen MR) is 95.7 cm³/mol. The van der Waals surface area contributed by atoms with Gasteiger partial charge >= 0.3 is 0 Å². The zero-order valence-electron chi connectivity index (χ0n) is 14.6. The summed E-state index contributed by atoms with van der Waals surface area (Å²) in [6.07, 6.45) is 0. The summed E-state index contributed by atoms with van der Waals surface area (Å²) in [6.45, 7) is 0. The molecule has 7 heteroatoms. The second kappa shape index (κ2) is 8.25. The van der Waals surface area contributed by atoms with Gasteiger partial charge in [-0.05, 0) is 30.3 Å². The minimum Gasteiger partial charge on any atom is -0.496 e. The van der Waals surface area contributed by atoms with Gasteiger partial charge in [-0.15, -0.1) is 0 Å². The van der Waals surface area contributed by atoms with Crippen LogP contribution in [0.1, 0.15) is 11.1 Å². The third kappa shape index (κ3) is 3.95. The lowest BCUT2D eigenvalue weighted by Crippen LogP contribution is -2.28. The van der Waals surface area contributed by atoms with Gasteiger partial charge in [0.05, 0.1) is 32.7 Å². The minimum absolute atomic E-state index is 0.324. The summed E-state index contributed by atoms with van der Waals surface area (Å²) in [7, 11) is 6.34. The highest BCUT2D eigenvalue weighted by atomic mass is 19.1. The quantitative estimate of drug-likeness (QED) is 0.527. The Bertz CT molecular complexity index is 761. The number of rotatable bonds is 7. The Hall–Kier alpha value is -2.93. The van der Waals surface area contributed by atoms with E-state index in [4.69, 9.17) is 19.9 Å². The van der Waals surface area contributed by atoms with Gasteiger partial charge in [0.25, 0.3) is 0 Å². The highest BCUT2D eigenvalue weighted by Crippen LogP contribution is 2.38. The molecule has 0 saturated carbocycles. The summed E-state index contributed by atoms with van der Waals surface area (Å²) in [5, 5.41) is 0. The summed E-state index contributed by atoms with van der Waals surface area (Å²) >= 11 is 0. The van der Waals surface area contributed by atoms with Crippen LogP contribution in [-0.2, 0) is 0 Å². The highest BCUT2D eigenvalue weighted by molar-refractivity contribution is 5.90. The van der Waals surface area contributed by atoms with Gasteiger partial charge in [0, 0.05) is 24.2 Å². The van der Waals surface area contributed by atoms with Crippen LogP contribution in [0.25, 0.3) is 11.4 Å². The van der Waals surface area contributed by atoms with Gasteiger partial charge in [-0.1, -0.05) is 0 Å². The van der Waals surface area contributed by atoms with Crippen molar-refractivity contribution in [3.8, 4) is 17.2 Å². The van der Waals surface area contributed by atoms with Gasteiger partial charge in [0.1, 0.15) is 11.6 Å². The molecule has 0 aliphatic carbocycles. The molecule has 0 radical (unpaired) electrons. The van der Waals surface area contributed by atoms with E-state index in [1.807, 2.05) is 0 Å². The zero-order chi connectivity index (χ0) is 18.4. The molecule has 134 valence electrons. The minimum atomic E-state index is -0.324. The molecule has 0 atom stereocenters. The molecule has 4 N–H and O–H groups in total. The van der Waals surface area contributed by atoms with Crippen molar-refractivity contribution in [2.24, 2.45) is 5.73 Å². The number of ether oxygens (including phenoxy) is 3. The molecule has 0 spiro atoms. The van der Waals surface area contributed by atoms with E-state index in [0.717, 1.165) is 0 Å². The predicted octanol–water partition coefficient (Wildman–Crippen LogP) is 2.36. The molecule has 0 aromatic heterocycles. The van der Waals surface area contributed by atoms with Crippen molar-refractivity contribution in [2.75, 3.05) is 28.4 Å². The highest BCUT2D eigenvalue weighted by Gasteiger charge is 2.17. The SMILES string of the molecule is CNN/C(=C(\N)c1cc(OC)c(OC)cc1OC)c1ccc(F)cc1. The van der Waals surface area contributed by atoms with E-state index in [-0.39, 0.29) is 5.82 Å². The number of benzene rings is 2. The fraction of sp³-hybridized carbons (Fsp3) is 0.222. The second-order valence-corrected chi connectivity index (χ2v) is 5.08. The first-order chi connectivity index (χ1) is 12.0. The van der Waals surface area contributed by atoms with Crippen molar-refractivity contribution in [3.63, 3.8) is 0 Å². The van der Waals surface area contributed by atoms with Gasteiger partial charge in [-0.3, -0.25) is 0 Å². The topological polar surface area (TPSA) is 77.8 Å².